The van der Waals surface area contributed by atoms with Crippen LogP contribution in [0.2, 0.25) is 0 Å². The maximum Gasteiger partial charge on any atom is 0.0489 e. The first-order chi connectivity index (χ1) is 8.77. The molecule has 1 aromatic heterocycles. The van der Waals surface area contributed by atoms with Gasteiger partial charge in [-0.25, -0.2) is 0 Å². The van der Waals surface area contributed by atoms with E-state index in [1.54, 1.807) is 0 Å². The first-order valence-corrected chi connectivity index (χ1v) is 7.02. The third-order valence-electron chi connectivity index (χ3n) is 2.95. The molecule has 0 saturated heterocycles. The number of aryl methyl sites for hydroxylation is 1. The molecule has 3 nitrogen and oxygen atoms in total. The van der Waals surface area contributed by atoms with Crippen molar-refractivity contribution in [1.82, 2.24) is 15.1 Å². The number of halogens is 1. The van der Waals surface area contributed by atoms with Crippen LogP contribution in [0.1, 0.15) is 24.9 Å². The van der Waals surface area contributed by atoms with E-state index >= 15 is 0 Å². The van der Waals surface area contributed by atoms with E-state index in [1.807, 2.05) is 29.2 Å². The van der Waals surface area contributed by atoms with Gasteiger partial charge in [0.25, 0.3) is 0 Å². The molecule has 0 spiro atoms. The van der Waals surface area contributed by atoms with Crippen LogP contribution in [0, 0.1) is 0 Å². The summed E-state index contributed by atoms with van der Waals surface area (Å²) in [6.45, 7) is 4.14. The normalized spacial score (nSPS) is 12.6. The SMILES string of the molecule is CC(NCCCn1cccn1)c1ccccc1Br. The van der Waals surface area contributed by atoms with Gasteiger partial charge in [0, 0.05) is 29.5 Å². The van der Waals surface area contributed by atoms with Gasteiger partial charge < -0.3 is 5.32 Å². The van der Waals surface area contributed by atoms with Crippen molar-refractivity contribution in [3.05, 3.63) is 52.8 Å². The molecular weight excluding hydrogens is 290 g/mol. The molecule has 2 rings (SSSR count). The lowest BCUT2D eigenvalue weighted by molar-refractivity contribution is 0.506. The summed E-state index contributed by atoms with van der Waals surface area (Å²) in [5.41, 5.74) is 1.30. The van der Waals surface area contributed by atoms with E-state index in [-0.39, 0.29) is 0 Å². The fourth-order valence-corrected chi connectivity index (χ4v) is 2.56. The highest BCUT2D eigenvalue weighted by Crippen LogP contribution is 2.22. The van der Waals surface area contributed by atoms with Crippen molar-refractivity contribution in [2.75, 3.05) is 6.54 Å². The van der Waals surface area contributed by atoms with Gasteiger partial charge in [-0.2, -0.15) is 5.10 Å². The molecule has 1 heterocycles. The number of hydrogen-bond acceptors (Lipinski definition) is 2. The Labute approximate surface area is 116 Å². The lowest BCUT2D eigenvalue weighted by atomic mass is 10.1. The van der Waals surface area contributed by atoms with Gasteiger partial charge in [-0.15, -0.1) is 0 Å². The molecule has 0 aliphatic rings. The van der Waals surface area contributed by atoms with E-state index in [0.717, 1.165) is 24.0 Å². The number of rotatable bonds is 6. The third kappa shape index (κ3) is 3.68. The van der Waals surface area contributed by atoms with Crippen LogP contribution < -0.4 is 5.32 Å². The van der Waals surface area contributed by atoms with Gasteiger partial charge >= 0.3 is 0 Å². The van der Waals surface area contributed by atoms with Crippen LogP contribution in [-0.4, -0.2) is 16.3 Å². The predicted octanol–water partition coefficient (Wildman–Crippen LogP) is 3.39. The minimum atomic E-state index is 0.359. The second-order valence-electron chi connectivity index (χ2n) is 4.32. The van der Waals surface area contributed by atoms with Gasteiger partial charge in [0.2, 0.25) is 0 Å². The van der Waals surface area contributed by atoms with Crippen molar-refractivity contribution < 1.29 is 0 Å². The molecule has 4 heteroatoms. The average Bonchev–Trinajstić information content (AvgIpc) is 2.88. The van der Waals surface area contributed by atoms with Crippen molar-refractivity contribution in [2.45, 2.75) is 25.9 Å². The molecule has 1 unspecified atom stereocenters. The minimum absolute atomic E-state index is 0.359. The van der Waals surface area contributed by atoms with E-state index in [9.17, 15) is 0 Å². The maximum absolute atomic E-state index is 4.19. The lowest BCUT2D eigenvalue weighted by Gasteiger charge is -2.15. The zero-order valence-corrected chi connectivity index (χ0v) is 12.1. The first-order valence-electron chi connectivity index (χ1n) is 6.22. The fraction of sp³-hybridized carbons (Fsp3) is 0.357. The molecule has 1 N–H and O–H groups in total. The van der Waals surface area contributed by atoms with Crippen molar-refractivity contribution >= 4 is 15.9 Å². The molecule has 0 fully saturated rings. The van der Waals surface area contributed by atoms with Gasteiger partial charge in [0.15, 0.2) is 0 Å². The summed E-state index contributed by atoms with van der Waals surface area (Å²) in [6, 6.07) is 10.7. The monoisotopic (exact) mass is 307 g/mol. The summed E-state index contributed by atoms with van der Waals surface area (Å²) in [4.78, 5) is 0. The minimum Gasteiger partial charge on any atom is -0.310 e. The summed E-state index contributed by atoms with van der Waals surface area (Å²) in [7, 11) is 0. The first kappa shape index (κ1) is 13.3. The van der Waals surface area contributed by atoms with Gasteiger partial charge in [-0.1, -0.05) is 34.1 Å². The van der Waals surface area contributed by atoms with Gasteiger partial charge in [-0.05, 0) is 37.6 Å². The largest absolute Gasteiger partial charge is 0.310 e. The highest BCUT2D eigenvalue weighted by atomic mass is 79.9. The van der Waals surface area contributed by atoms with Crippen LogP contribution in [-0.2, 0) is 6.54 Å². The number of nitrogens with zero attached hydrogens (tertiary/aromatic N) is 2. The second-order valence-corrected chi connectivity index (χ2v) is 5.17. The quantitative estimate of drug-likeness (QED) is 0.829. The standard InChI is InChI=1S/C14H18BrN3/c1-12(13-6-2-3-7-14(13)15)16-8-4-10-18-11-5-9-17-18/h2-3,5-7,9,11-12,16H,4,8,10H2,1H3. The molecule has 0 saturated carbocycles. The Balaban J connectivity index is 1.75. The molecule has 0 aliphatic carbocycles. The zero-order valence-electron chi connectivity index (χ0n) is 10.5. The van der Waals surface area contributed by atoms with Gasteiger partial charge in [0.05, 0.1) is 0 Å². The Kier molecular flexibility index (Phi) is 4.96. The predicted molar refractivity (Wildman–Crippen MR) is 77.4 cm³/mol. The van der Waals surface area contributed by atoms with Crippen LogP contribution in [0.15, 0.2) is 47.2 Å². The van der Waals surface area contributed by atoms with E-state index in [0.29, 0.717) is 6.04 Å². The summed E-state index contributed by atoms with van der Waals surface area (Å²) in [5.74, 6) is 0. The van der Waals surface area contributed by atoms with Crippen LogP contribution >= 0.6 is 15.9 Å². The van der Waals surface area contributed by atoms with Crippen molar-refractivity contribution in [3.63, 3.8) is 0 Å². The van der Waals surface area contributed by atoms with Crippen LogP contribution in [0.5, 0.6) is 0 Å². The maximum atomic E-state index is 4.19. The van der Waals surface area contributed by atoms with Gasteiger partial charge in [-0.3, -0.25) is 4.68 Å². The Bertz CT molecular complexity index is 468. The van der Waals surface area contributed by atoms with E-state index in [1.165, 1.54) is 5.56 Å². The van der Waals surface area contributed by atoms with E-state index in [2.05, 4.69) is 51.5 Å². The summed E-state index contributed by atoms with van der Waals surface area (Å²) >= 11 is 3.58. The molecular formula is C14H18BrN3. The Morgan fingerprint density at radius 3 is 2.89 bits per heavy atom. The van der Waals surface area contributed by atoms with Crippen LogP contribution in [0.25, 0.3) is 0 Å². The molecule has 0 amide bonds. The summed E-state index contributed by atoms with van der Waals surface area (Å²) in [5, 5.41) is 7.72. The molecule has 0 bridgehead atoms. The van der Waals surface area contributed by atoms with Crippen LogP contribution in [0.4, 0.5) is 0 Å². The molecule has 0 radical (unpaired) electrons. The molecule has 1 atom stereocenters. The summed E-state index contributed by atoms with van der Waals surface area (Å²) < 4.78 is 3.13. The molecule has 18 heavy (non-hydrogen) atoms. The molecule has 0 aliphatic heterocycles. The Morgan fingerprint density at radius 1 is 1.33 bits per heavy atom. The molecule has 1 aromatic carbocycles. The highest BCUT2D eigenvalue weighted by molar-refractivity contribution is 9.10. The Hall–Kier alpha value is -1.13. The topological polar surface area (TPSA) is 29.9 Å². The van der Waals surface area contributed by atoms with Crippen molar-refractivity contribution in [1.29, 1.82) is 0 Å². The average molecular weight is 308 g/mol. The smallest absolute Gasteiger partial charge is 0.0489 e. The highest BCUT2D eigenvalue weighted by Gasteiger charge is 2.07. The molecule has 2 aromatic rings. The van der Waals surface area contributed by atoms with Gasteiger partial charge in [0.1, 0.15) is 0 Å². The number of nitrogens with one attached hydrogen (secondary N) is 1. The number of aromatic nitrogens is 2. The van der Waals surface area contributed by atoms with E-state index < -0.39 is 0 Å². The lowest BCUT2D eigenvalue weighted by Crippen LogP contribution is -2.21. The van der Waals surface area contributed by atoms with Crippen LogP contribution in [0.3, 0.4) is 0 Å². The third-order valence-corrected chi connectivity index (χ3v) is 3.67. The molecule has 96 valence electrons. The second kappa shape index (κ2) is 6.71. The zero-order chi connectivity index (χ0) is 12.8. The van der Waals surface area contributed by atoms with Crippen molar-refractivity contribution in [3.8, 4) is 0 Å². The Morgan fingerprint density at radius 2 is 2.17 bits per heavy atom. The summed E-state index contributed by atoms with van der Waals surface area (Å²) in [6.07, 6.45) is 4.89. The number of benzene rings is 1. The van der Waals surface area contributed by atoms with E-state index in [4.69, 9.17) is 0 Å². The van der Waals surface area contributed by atoms with Crippen molar-refractivity contribution in [2.24, 2.45) is 0 Å². The fourth-order valence-electron chi connectivity index (χ4n) is 1.93. The number of hydrogen-bond donors (Lipinski definition) is 1.